The number of ether oxygens (including phenoxy) is 1. The van der Waals surface area contributed by atoms with Gasteiger partial charge < -0.3 is 14.7 Å². The van der Waals surface area contributed by atoms with Crippen LogP contribution in [-0.4, -0.2) is 63.9 Å². The molecule has 2 aliphatic rings. The zero-order valence-electron chi connectivity index (χ0n) is 20.5. The van der Waals surface area contributed by atoms with Gasteiger partial charge in [0.2, 0.25) is 0 Å². The lowest BCUT2D eigenvalue weighted by molar-refractivity contribution is -0.142. The number of carboxylic acids is 1. The summed E-state index contributed by atoms with van der Waals surface area (Å²) in [6.07, 6.45) is -2.17. The van der Waals surface area contributed by atoms with Crippen LogP contribution in [0, 0.1) is 5.92 Å². The first-order valence-corrected chi connectivity index (χ1v) is 12.7. The Hall–Kier alpha value is -3.70. The molecule has 1 aliphatic heterocycles. The Morgan fingerprint density at radius 2 is 1.82 bits per heavy atom. The molecule has 1 fully saturated rings. The molecule has 2 heterocycles. The van der Waals surface area contributed by atoms with Gasteiger partial charge in [0.1, 0.15) is 0 Å². The number of amides is 1. The SMILES string of the molecule is O=C(O)C1CC=C(c2nn(C(=O)c3c(Cl)cccc3C(F)(F)F)c3cc(C(=O)N4CCOCC4)ccc23)CC1. The fourth-order valence-corrected chi connectivity index (χ4v) is 5.20. The van der Waals surface area contributed by atoms with E-state index < -0.39 is 35.1 Å². The Labute approximate surface area is 225 Å². The molecule has 204 valence electrons. The van der Waals surface area contributed by atoms with Gasteiger partial charge in [-0.15, -0.1) is 0 Å². The molecule has 3 aromatic rings. The first-order valence-electron chi connectivity index (χ1n) is 12.3. The van der Waals surface area contributed by atoms with Crippen LogP contribution in [0.4, 0.5) is 13.2 Å². The van der Waals surface area contributed by atoms with E-state index in [4.69, 9.17) is 16.3 Å². The number of carbonyl (C=O) groups is 3. The van der Waals surface area contributed by atoms with Crippen LogP contribution in [0.2, 0.25) is 5.02 Å². The second kappa shape index (κ2) is 10.5. The van der Waals surface area contributed by atoms with Crippen molar-refractivity contribution in [2.75, 3.05) is 26.3 Å². The molecule has 1 amide bonds. The summed E-state index contributed by atoms with van der Waals surface area (Å²) in [5.74, 6) is -2.88. The van der Waals surface area contributed by atoms with Crippen molar-refractivity contribution in [2.45, 2.75) is 25.4 Å². The van der Waals surface area contributed by atoms with E-state index in [1.807, 2.05) is 0 Å². The number of alkyl halides is 3. The van der Waals surface area contributed by atoms with Crippen LogP contribution in [0.5, 0.6) is 0 Å². The summed E-state index contributed by atoms with van der Waals surface area (Å²) in [5.41, 5.74) is -0.560. The maximum Gasteiger partial charge on any atom is 0.417 e. The van der Waals surface area contributed by atoms with Crippen LogP contribution in [0.15, 0.2) is 42.5 Å². The summed E-state index contributed by atoms with van der Waals surface area (Å²) < 4.78 is 47.6. The normalized spacial score (nSPS) is 18.2. The van der Waals surface area contributed by atoms with Crippen molar-refractivity contribution >= 4 is 45.9 Å². The van der Waals surface area contributed by atoms with Crippen LogP contribution >= 0.6 is 11.6 Å². The lowest BCUT2D eigenvalue weighted by atomic mass is 9.87. The molecule has 12 heteroatoms. The number of benzene rings is 2. The molecule has 0 bridgehead atoms. The Bertz CT molecular complexity index is 1510. The molecule has 8 nitrogen and oxygen atoms in total. The molecule has 1 unspecified atom stereocenters. The number of halogens is 4. The Morgan fingerprint density at radius 1 is 1.08 bits per heavy atom. The molecule has 5 rings (SSSR count). The molecule has 0 saturated carbocycles. The maximum absolute atomic E-state index is 13.8. The highest BCUT2D eigenvalue weighted by molar-refractivity contribution is 6.34. The summed E-state index contributed by atoms with van der Waals surface area (Å²) in [6, 6.07) is 7.71. The number of carbonyl (C=O) groups excluding carboxylic acids is 2. The van der Waals surface area contributed by atoms with Gasteiger partial charge in [0, 0.05) is 24.0 Å². The van der Waals surface area contributed by atoms with Crippen molar-refractivity contribution in [3.8, 4) is 0 Å². The highest BCUT2D eigenvalue weighted by Gasteiger charge is 2.37. The molecule has 1 N–H and O–H groups in total. The lowest BCUT2D eigenvalue weighted by Crippen LogP contribution is -2.40. The molecule has 1 saturated heterocycles. The van der Waals surface area contributed by atoms with E-state index >= 15 is 0 Å². The standard InChI is InChI=1S/C27H23ClF3N3O5/c28-20-3-1-2-19(27(29,30)31)22(20)25(36)34-21-14-17(24(35)33-10-12-39-13-11-33)8-9-18(21)23(32-34)15-4-6-16(7-5-15)26(37)38/h1-4,8-9,14,16H,5-7,10-13H2,(H,37,38). The number of hydrogen-bond donors (Lipinski definition) is 1. The third-order valence-corrected chi connectivity index (χ3v) is 7.33. The number of aliphatic carboxylic acids is 1. The summed E-state index contributed by atoms with van der Waals surface area (Å²) in [5, 5.41) is 13.8. The monoisotopic (exact) mass is 561 g/mol. The zero-order valence-corrected chi connectivity index (χ0v) is 21.3. The Morgan fingerprint density at radius 3 is 2.46 bits per heavy atom. The number of rotatable bonds is 4. The highest BCUT2D eigenvalue weighted by Crippen LogP contribution is 2.38. The van der Waals surface area contributed by atoms with Crippen LogP contribution in [0.25, 0.3) is 16.5 Å². The fourth-order valence-electron chi connectivity index (χ4n) is 4.95. The third kappa shape index (κ3) is 5.16. The lowest BCUT2D eigenvalue weighted by Gasteiger charge is -2.26. The molecule has 0 spiro atoms. The molecular formula is C27H23ClF3N3O5. The number of fused-ring (bicyclic) bond motifs is 1. The minimum Gasteiger partial charge on any atom is -0.481 e. The molecule has 2 aromatic carbocycles. The van der Waals surface area contributed by atoms with Gasteiger partial charge >= 0.3 is 12.1 Å². The predicted molar refractivity (Wildman–Crippen MR) is 136 cm³/mol. The first-order chi connectivity index (χ1) is 18.6. The van der Waals surface area contributed by atoms with Crippen molar-refractivity contribution in [3.05, 3.63) is 69.9 Å². The average Bonchev–Trinajstić information content (AvgIpc) is 3.31. The van der Waals surface area contributed by atoms with Crippen molar-refractivity contribution in [1.29, 1.82) is 0 Å². The second-order valence-electron chi connectivity index (χ2n) is 9.40. The summed E-state index contributed by atoms with van der Waals surface area (Å²) in [4.78, 5) is 39.8. The Balaban J connectivity index is 1.66. The zero-order chi connectivity index (χ0) is 27.9. The van der Waals surface area contributed by atoms with E-state index in [2.05, 4.69) is 5.10 Å². The van der Waals surface area contributed by atoms with E-state index in [1.165, 1.54) is 12.1 Å². The van der Waals surface area contributed by atoms with Gasteiger partial charge in [-0.05, 0) is 55.2 Å². The van der Waals surface area contributed by atoms with E-state index in [1.54, 1.807) is 23.1 Å². The van der Waals surface area contributed by atoms with Gasteiger partial charge in [0.25, 0.3) is 11.8 Å². The Kier molecular flexibility index (Phi) is 7.21. The first kappa shape index (κ1) is 26.9. The number of carboxylic acid groups (broad SMARTS) is 1. The molecule has 0 radical (unpaired) electrons. The van der Waals surface area contributed by atoms with Crippen molar-refractivity contribution in [1.82, 2.24) is 14.7 Å². The fraction of sp³-hybridized carbons (Fsp3) is 0.333. The van der Waals surface area contributed by atoms with Crippen molar-refractivity contribution < 1.29 is 37.4 Å². The molecular weight excluding hydrogens is 539 g/mol. The number of morpholine rings is 1. The largest absolute Gasteiger partial charge is 0.481 e. The smallest absolute Gasteiger partial charge is 0.417 e. The van der Waals surface area contributed by atoms with Crippen molar-refractivity contribution in [3.63, 3.8) is 0 Å². The van der Waals surface area contributed by atoms with Crippen LogP contribution < -0.4 is 0 Å². The topological polar surface area (TPSA) is 102 Å². The summed E-state index contributed by atoms with van der Waals surface area (Å²) in [6.45, 7) is 1.53. The highest BCUT2D eigenvalue weighted by atomic mass is 35.5. The summed E-state index contributed by atoms with van der Waals surface area (Å²) in [7, 11) is 0. The molecule has 1 atom stereocenters. The minimum absolute atomic E-state index is 0.142. The molecule has 1 aliphatic carbocycles. The van der Waals surface area contributed by atoms with Gasteiger partial charge in [-0.1, -0.05) is 23.7 Å². The van der Waals surface area contributed by atoms with Crippen LogP contribution in [0.1, 0.15) is 51.2 Å². The van der Waals surface area contributed by atoms with E-state index in [0.29, 0.717) is 55.8 Å². The van der Waals surface area contributed by atoms with Gasteiger partial charge in [0.15, 0.2) is 0 Å². The number of hydrogen-bond acceptors (Lipinski definition) is 5. The van der Waals surface area contributed by atoms with E-state index in [9.17, 15) is 32.7 Å². The number of allylic oxidation sites excluding steroid dienone is 2. The van der Waals surface area contributed by atoms with Crippen LogP contribution in [-0.2, 0) is 15.7 Å². The van der Waals surface area contributed by atoms with E-state index in [-0.39, 0.29) is 28.4 Å². The van der Waals surface area contributed by atoms with Crippen LogP contribution in [0.3, 0.4) is 0 Å². The summed E-state index contributed by atoms with van der Waals surface area (Å²) >= 11 is 6.11. The number of aromatic nitrogens is 2. The van der Waals surface area contributed by atoms with E-state index in [0.717, 1.165) is 16.8 Å². The third-order valence-electron chi connectivity index (χ3n) is 7.02. The van der Waals surface area contributed by atoms with Gasteiger partial charge in [-0.2, -0.15) is 23.0 Å². The second-order valence-corrected chi connectivity index (χ2v) is 9.81. The van der Waals surface area contributed by atoms with Gasteiger partial charge in [-0.25, -0.2) is 0 Å². The van der Waals surface area contributed by atoms with Gasteiger partial charge in [0.05, 0.1) is 46.5 Å². The predicted octanol–water partition coefficient (Wildman–Crippen LogP) is 5.14. The van der Waals surface area contributed by atoms with Gasteiger partial charge in [-0.3, -0.25) is 14.4 Å². The quantitative estimate of drug-likeness (QED) is 0.473. The number of nitrogens with zero attached hydrogens (tertiary/aromatic N) is 3. The minimum atomic E-state index is -4.85. The maximum atomic E-state index is 13.8. The molecule has 1 aromatic heterocycles. The average molecular weight is 562 g/mol. The molecule has 39 heavy (non-hydrogen) atoms. The van der Waals surface area contributed by atoms with Crippen molar-refractivity contribution in [2.24, 2.45) is 5.92 Å².